The minimum Gasteiger partial charge on any atom is -0.480 e. The molecule has 2 aromatic carbocycles. The van der Waals surface area contributed by atoms with Gasteiger partial charge in [-0.25, -0.2) is 0 Å². The monoisotopic (exact) mass is 449 g/mol. The number of fused-ring (bicyclic) bond motifs is 1. The van der Waals surface area contributed by atoms with Crippen molar-refractivity contribution in [3.8, 4) is 5.75 Å². The topological polar surface area (TPSA) is 82.1 Å². The Kier molecular flexibility index (Phi) is 6.08. The average molecular weight is 450 g/mol. The number of likely N-dealkylation sites (N-methyl/N-ethyl adjacent to an activating group) is 1. The number of hydrogen-bond donors (Lipinski definition) is 2. The number of β-amino-alcohol motifs (C(OH)–C–C–N with tert-alkyl or cyclic N) is 1. The summed E-state index contributed by atoms with van der Waals surface area (Å²) in [7, 11) is 1.83. The van der Waals surface area contributed by atoms with Gasteiger partial charge >= 0.3 is 0 Å². The van der Waals surface area contributed by atoms with Gasteiger partial charge in [-0.05, 0) is 43.0 Å². The van der Waals surface area contributed by atoms with Crippen molar-refractivity contribution in [2.45, 2.75) is 43.9 Å². The van der Waals surface area contributed by atoms with Crippen molar-refractivity contribution in [3.63, 3.8) is 0 Å². The predicted molar refractivity (Wildman–Crippen MR) is 125 cm³/mol. The highest BCUT2D eigenvalue weighted by atomic mass is 16.5. The zero-order valence-electron chi connectivity index (χ0n) is 18.9. The zero-order chi connectivity index (χ0) is 22.9. The number of anilines is 1. The van der Waals surface area contributed by atoms with E-state index < -0.39 is 6.10 Å². The number of ether oxygens (including phenoxy) is 1. The molecule has 5 rings (SSSR count). The Morgan fingerprint density at radius 3 is 2.67 bits per heavy atom. The maximum absolute atomic E-state index is 13.5. The van der Waals surface area contributed by atoms with Gasteiger partial charge in [0.05, 0.1) is 12.1 Å². The van der Waals surface area contributed by atoms with Crippen LogP contribution in [0.2, 0.25) is 0 Å². The van der Waals surface area contributed by atoms with E-state index in [1.807, 2.05) is 55.6 Å². The van der Waals surface area contributed by atoms with Crippen LogP contribution in [0.4, 0.5) is 5.69 Å². The summed E-state index contributed by atoms with van der Waals surface area (Å²) in [6.45, 7) is 2.12. The van der Waals surface area contributed by atoms with E-state index in [1.165, 1.54) is 0 Å². The lowest BCUT2D eigenvalue weighted by molar-refractivity contribution is -0.139. The summed E-state index contributed by atoms with van der Waals surface area (Å²) >= 11 is 0. The van der Waals surface area contributed by atoms with Gasteiger partial charge in [0.1, 0.15) is 5.75 Å². The van der Waals surface area contributed by atoms with E-state index in [2.05, 4.69) is 10.2 Å². The number of benzene rings is 2. The fourth-order valence-electron chi connectivity index (χ4n) is 4.78. The molecule has 0 spiro atoms. The van der Waals surface area contributed by atoms with Crippen LogP contribution in [0.1, 0.15) is 36.4 Å². The van der Waals surface area contributed by atoms with E-state index in [9.17, 15) is 14.7 Å². The van der Waals surface area contributed by atoms with Gasteiger partial charge in [0.15, 0.2) is 6.10 Å². The van der Waals surface area contributed by atoms with Crippen molar-refractivity contribution in [1.29, 1.82) is 0 Å². The third-order valence-corrected chi connectivity index (χ3v) is 6.90. The fourth-order valence-corrected chi connectivity index (χ4v) is 4.78. The van der Waals surface area contributed by atoms with Crippen LogP contribution in [-0.4, -0.2) is 65.6 Å². The molecule has 3 aliphatic rings. The van der Waals surface area contributed by atoms with Crippen molar-refractivity contribution < 1.29 is 19.4 Å². The van der Waals surface area contributed by atoms with Gasteiger partial charge in [0, 0.05) is 50.3 Å². The molecule has 2 fully saturated rings. The molecule has 0 unspecified atom stereocenters. The normalized spacial score (nSPS) is 23.0. The second-order valence-corrected chi connectivity index (χ2v) is 9.47. The maximum atomic E-state index is 13.5. The zero-order valence-corrected chi connectivity index (χ0v) is 18.9. The molecule has 0 radical (unpaired) electrons. The Morgan fingerprint density at radius 2 is 1.97 bits per heavy atom. The van der Waals surface area contributed by atoms with E-state index in [0.29, 0.717) is 25.3 Å². The summed E-state index contributed by atoms with van der Waals surface area (Å²) in [5.74, 6) is 0.844. The lowest BCUT2D eigenvalue weighted by atomic mass is 10.0. The number of aliphatic hydroxyl groups excluding tert-OH is 1. The molecule has 1 saturated carbocycles. The van der Waals surface area contributed by atoms with E-state index in [-0.39, 0.29) is 29.9 Å². The maximum Gasteiger partial charge on any atom is 0.264 e. The van der Waals surface area contributed by atoms with Crippen molar-refractivity contribution >= 4 is 17.5 Å². The third kappa shape index (κ3) is 4.89. The summed E-state index contributed by atoms with van der Waals surface area (Å²) in [4.78, 5) is 29.6. The quantitative estimate of drug-likeness (QED) is 0.679. The summed E-state index contributed by atoms with van der Waals surface area (Å²) < 4.78 is 6.03. The van der Waals surface area contributed by atoms with Crippen LogP contribution in [-0.2, 0) is 16.0 Å². The molecule has 2 heterocycles. The molecule has 2 aliphatic heterocycles. The van der Waals surface area contributed by atoms with Gasteiger partial charge in [-0.3, -0.25) is 14.5 Å². The minimum absolute atomic E-state index is 0.0663. The number of rotatable bonds is 7. The molecular weight excluding hydrogens is 418 g/mol. The summed E-state index contributed by atoms with van der Waals surface area (Å²) in [6, 6.07) is 15.5. The van der Waals surface area contributed by atoms with Gasteiger partial charge in [-0.15, -0.1) is 0 Å². The van der Waals surface area contributed by atoms with Crippen LogP contribution < -0.4 is 10.1 Å². The van der Waals surface area contributed by atoms with Crippen LogP contribution in [0.15, 0.2) is 48.5 Å². The Morgan fingerprint density at radius 1 is 1.18 bits per heavy atom. The Labute approximate surface area is 194 Å². The lowest BCUT2D eigenvalue weighted by Gasteiger charge is -2.33. The van der Waals surface area contributed by atoms with Crippen molar-refractivity contribution in [3.05, 3.63) is 59.7 Å². The molecule has 2 amide bonds. The SMILES string of the molecule is CN(C(=O)[C@H]1Cc2cc(NC(=O)C3CC3)ccc2O1)[C@H](CN1CC[C@H](O)C1)c1ccccc1. The molecule has 1 aliphatic carbocycles. The first-order valence-electron chi connectivity index (χ1n) is 11.8. The van der Waals surface area contributed by atoms with E-state index in [4.69, 9.17) is 4.74 Å². The number of aliphatic hydroxyl groups is 1. The molecule has 7 heteroatoms. The van der Waals surface area contributed by atoms with Gasteiger partial charge in [-0.2, -0.15) is 0 Å². The fraction of sp³-hybridized carbons (Fsp3) is 0.462. The second-order valence-electron chi connectivity index (χ2n) is 9.47. The summed E-state index contributed by atoms with van der Waals surface area (Å²) in [5.41, 5.74) is 2.76. The molecule has 7 nitrogen and oxygen atoms in total. The summed E-state index contributed by atoms with van der Waals surface area (Å²) in [6.07, 6.45) is 2.28. The molecule has 2 aromatic rings. The Hall–Kier alpha value is -2.90. The Balaban J connectivity index is 1.28. The van der Waals surface area contributed by atoms with Crippen molar-refractivity contribution in [2.24, 2.45) is 5.92 Å². The first-order chi connectivity index (χ1) is 16.0. The van der Waals surface area contributed by atoms with E-state index >= 15 is 0 Å². The number of carbonyl (C=O) groups excluding carboxylic acids is 2. The van der Waals surface area contributed by atoms with E-state index in [1.54, 1.807) is 4.90 Å². The highest BCUT2D eigenvalue weighted by Gasteiger charge is 2.36. The number of nitrogens with one attached hydrogen (secondary N) is 1. The number of nitrogens with zero attached hydrogens (tertiary/aromatic N) is 2. The minimum atomic E-state index is -0.588. The lowest BCUT2D eigenvalue weighted by Crippen LogP contribution is -2.44. The molecule has 1 saturated heterocycles. The largest absolute Gasteiger partial charge is 0.480 e. The number of likely N-dealkylation sites (tertiary alicyclic amines) is 1. The molecule has 33 heavy (non-hydrogen) atoms. The standard InChI is InChI=1S/C26H31N3O4/c1-28(22(17-5-3-2-4-6-17)16-29-12-11-21(30)15-29)26(32)24-14-19-13-20(9-10-23(19)33-24)27-25(31)18-7-8-18/h2-6,9-10,13,18,21-22,24,30H,7-8,11-12,14-16H2,1H3,(H,27,31)/t21-,22+,24+/m0/s1. The highest BCUT2D eigenvalue weighted by Crippen LogP contribution is 2.35. The molecule has 3 atom stereocenters. The van der Waals surface area contributed by atoms with Gasteiger partial charge < -0.3 is 20.1 Å². The first kappa shape index (κ1) is 21.9. The molecule has 174 valence electrons. The van der Waals surface area contributed by atoms with Crippen LogP contribution in [0.5, 0.6) is 5.75 Å². The predicted octanol–water partition coefficient (Wildman–Crippen LogP) is 2.60. The first-order valence-corrected chi connectivity index (χ1v) is 11.8. The van der Waals surface area contributed by atoms with Crippen LogP contribution in [0, 0.1) is 5.92 Å². The number of amides is 2. The van der Waals surface area contributed by atoms with Gasteiger partial charge in [-0.1, -0.05) is 30.3 Å². The molecule has 2 N–H and O–H groups in total. The van der Waals surface area contributed by atoms with E-state index in [0.717, 1.165) is 42.6 Å². The van der Waals surface area contributed by atoms with Crippen molar-refractivity contribution in [1.82, 2.24) is 9.80 Å². The van der Waals surface area contributed by atoms with Gasteiger partial charge in [0.2, 0.25) is 5.91 Å². The smallest absolute Gasteiger partial charge is 0.264 e. The summed E-state index contributed by atoms with van der Waals surface area (Å²) in [5, 5.41) is 12.9. The molecule has 0 bridgehead atoms. The molecular formula is C26H31N3O4. The number of hydrogen-bond acceptors (Lipinski definition) is 5. The molecule has 0 aromatic heterocycles. The third-order valence-electron chi connectivity index (χ3n) is 6.90. The van der Waals surface area contributed by atoms with Crippen LogP contribution in [0.25, 0.3) is 0 Å². The number of carbonyl (C=O) groups is 2. The van der Waals surface area contributed by atoms with Crippen molar-refractivity contribution in [2.75, 3.05) is 32.0 Å². The van der Waals surface area contributed by atoms with Gasteiger partial charge in [0.25, 0.3) is 5.91 Å². The Bertz CT molecular complexity index is 1020. The van der Waals surface area contributed by atoms with Crippen LogP contribution in [0.3, 0.4) is 0 Å². The van der Waals surface area contributed by atoms with Crippen LogP contribution >= 0.6 is 0 Å². The average Bonchev–Trinajstić information content (AvgIpc) is 3.47. The highest BCUT2D eigenvalue weighted by molar-refractivity contribution is 5.94. The second kappa shape index (κ2) is 9.15.